The quantitative estimate of drug-likeness (QED) is 0.153. The van der Waals surface area contributed by atoms with E-state index in [1.807, 2.05) is 29.7 Å². The van der Waals surface area contributed by atoms with E-state index in [-0.39, 0.29) is 22.9 Å². The molecule has 1 saturated heterocycles. The number of Topliss-reactive ketones (excluding diaryl/α,β-unsaturated/α-hetero) is 1. The lowest BCUT2D eigenvalue weighted by Crippen LogP contribution is -2.41. The number of hydrogen-bond donors (Lipinski definition) is 0. The normalized spacial score (nSPS) is 18.5. The lowest BCUT2D eigenvalue weighted by Gasteiger charge is -2.36. The minimum Gasteiger partial charge on any atom is -0.417 e. The van der Waals surface area contributed by atoms with Crippen LogP contribution in [-0.2, 0) is 33.8 Å². The first kappa shape index (κ1) is 31.0. The van der Waals surface area contributed by atoms with Crippen LogP contribution in [-0.4, -0.2) is 54.7 Å². The lowest BCUT2D eigenvalue weighted by atomic mass is 9.81. The summed E-state index contributed by atoms with van der Waals surface area (Å²) in [6, 6.07) is 10.3. The number of carbonyl (C=O) groups is 2. The molecule has 3 aromatic rings. The summed E-state index contributed by atoms with van der Waals surface area (Å²) in [6.45, 7) is 14.6. The van der Waals surface area contributed by atoms with Crippen LogP contribution in [0.25, 0.3) is 11.0 Å². The van der Waals surface area contributed by atoms with Gasteiger partial charge in [0.2, 0.25) is 5.91 Å². The highest BCUT2D eigenvalue weighted by Gasteiger charge is 2.43. The molecule has 0 N–H and O–H groups in total. The van der Waals surface area contributed by atoms with E-state index in [1.54, 1.807) is 11.9 Å². The number of aromatic nitrogens is 2. The van der Waals surface area contributed by atoms with Gasteiger partial charge in [-0.05, 0) is 67.7 Å². The average Bonchev–Trinajstić information content (AvgIpc) is 3.36. The van der Waals surface area contributed by atoms with E-state index < -0.39 is 31.3 Å². The predicted octanol–water partition coefficient (Wildman–Crippen LogP) is 7.01. The summed E-state index contributed by atoms with van der Waals surface area (Å²) in [5, 5.41) is 0.0789. The lowest BCUT2D eigenvalue weighted by molar-refractivity contribution is -0.137. The highest BCUT2D eigenvalue weighted by molar-refractivity contribution is 6.74. The SMILES string of the molecule is CN1CCC(C)(c2ccc3c(c2)nc(CC(=O)c2cccc(C(F)(F)F)c2)n3CCCO[Si](C)(C)C(C)(C)C)C1=O. The number of carbonyl (C=O) groups excluding carboxylic acids is 2. The summed E-state index contributed by atoms with van der Waals surface area (Å²) >= 11 is 0. The first-order valence-electron chi connectivity index (χ1n) is 14.0. The van der Waals surface area contributed by atoms with Crippen LogP contribution in [0.4, 0.5) is 13.2 Å². The van der Waals surface area contributed by atoms with E-state index in [4.69, 9.17) is 9.41 Å². The van der Waals surface area contributed by atoms with Gasteiger partial charge in [-0.15, -0.1) is 0 Å². The Morgan fingerprint density at radius 2 is 1.83 bits per heavy atom. The fourth-order valence-corrected chi connectivity index (χ4v) is 6.16. The van der Waals surface area contributed by atoms with Crippen molar-refractivity contribution < 1.29 is 27.2 Å². The van der Waals surface area contributed by atoms with Crippen molar-refractivity contribution in [3.05, 3.63) is 65.0 Å². The third-order valence-corrected chi connectivity index (χ3v) is 13.4. The van der Waals surface area contributed by atoms with E-state index >= 15 is 0 Å². The number of amides is 1. The smallest absolute Gasteiger partial charge is 0.416 e. The second kappa shape index (κ2) is 11.0. The molecule has 1 aromatic heterocycles. The largest absolute Gasteiger partial charge is 0.417 e. The van der Waals surface area contributed by atoms with Gasteiger partial charge in [0.25, 0.3) is 0 Å². The zero-order chi connectivity index (χ0) is 30.4. The van der Waals surface area contributed by atoms with Crippen LogP contribution in [0, 0.1) is 0 Å². The average molecular weight is 588 g/mol. The molecule has 6 nitrogen and oxygen atoms in total. The fraction of sp³-hybridized carbons (Fsp3) is 0.516. The zero-order valence-corrected chi connectivity index (χ0v) is 26.0. The molecule has 0 spiro atoms. The number of nitrogens with zero attached hydrogens (tertiary/aromatic N) is 3. The molecular formula is C31H40F3N3O3Si. The number of ketones is 1. The van der Waals surface area contributed by atoms with Crippen molar-refractivity contribution in [3.63, 3.8) is 0 Å². The number of hydrogen-bond acceptors (Lipinski definition) is 4. The van der Waals surface area contributed by atoms with E-state index in [0.717, 1.165) is 23.2 Å². The Morgan fingerprint density at radius 3 is 2.44 bits per heavy atom. The van der Waals surface area contributed by atoms with Gasteiger partial charge in [-0.25, -0.2) is 4.98 Å². The van der Waals surface area contributed by atoms with Crippen LogP contribution in [0.2, 0.25) is 18.1 Å². The maximum absolute atomic E-state index is 13.3. The fourth-order valence-electron chi connectivity index (χ4n) is 5.08. The highest BCUT2D eigenvalue weighted by atomic mass is 28.4. The molecule has 1 aliphatic rings. The number of halogens is 3. The van der Waals surface area contributed by atoms with Crippen LogP contribution < -0.4 is 0 Å². The molecule has 0 radical (unpaired) electrons. The zero-order valence-electron chi connectivity index (χ0n) is 25.0. The van der Waals surface area contributed by atoms with Crippen molar-refractivity contribution in [2.75, 3.05) is 20.2 Å². The monoisotopic (exact) mass is 587 g/mol. The molecule has 0 aliphatic carbocycles. The van der Waals surface area contributed by atoms with Crippen molar-refractivity contribution in [2.45, 2.75) is 83.2 Å². The maximum Gasteiger partial charge on any atom is 0.416 e. The van der Waals surface area contributed by atoms with Gasteiger partial charge in [-0.1, -0.05) is 39.0 Å². The van der Waals surface area contributed by atoms with Gasteiger partial charge in [0.05, 0.1) is 28.4 Å². The van der Waals surface area contributed by atoms with E-state index in [2.05, 4.69) is 33.9 Å². The van der Waals surface area contributed by atoms with Gasteiger partial charge in [-0.3, -0.25) is 9.59 Å². The molecule has 222 valence electrons. The van der Waals surface area contributed by atoms with Crippen molar-refractivity contribution in [1.29, 1.82) is 0 Å². The molecule has 1 fully saturated rings. The van der Waals surface area contributed by atoms with Gasteiger partial charge in [-0.2, -0.15) is 13.2 Å². The topological polar surface area (TPSA) is 64.4 Å². The van der Waals surface area contributed by atoms with E-state index in [9.17, 15) is 22.8 Å². The second-order valence-corrected chi connectivity index (χ2v) is 17.6. The van der Waals surface area contributed by atoms with Crippen molar-refractivity contribution in [2.24, 2.45) is 0 Å². The van der Waals surface area contributed by atoms with Crippen molar-refractivity contribution in [3.8, 4) is 0 Å². The summed E-state index contributed by atoms with van der Waals surface area (Å²) in [6.07, 6.45) is -3.30. The molecule has 2 aromatic carbocycles. The van der Waals surface area contributed by atoms with Crippen LogP contribution in [0.1, 0.15) is 67.8 Å². The van der Waals surface area contributed by atoms with Crippen LogP contribution >= 0.6 is 0 Å². The Bertz CT molecular complexity index is 1460. The Balaban J connectivity index is 1.65. The van der Waals surface area contributed by atoms with Gasteiger partial charge in [0.1, 0.15) is 5.82 Å². The van der Waals surface area contributed by atoms with Crippen molar-refractivity contribution >= 4 is 31.0 Å². The molecule has 10 heteroatoms. The van der Waals surface area contributed by atoms with Gasteiger partial charge in [0, 0.05) is 32.3 Å². The van der Waals surface area contributed by atoms with Gasteiger partial charge < -0.3 is 13.9 Å². The standard InChI is InChI=1S/C31H40F3N3O3Si/c1-29(2,3)41(6,7)40-17-9-15-37-25-13-12-22(30(4)14-16-36(5)28(30)39)19-24(25)35-27(37)20-26(38)21-10-8-11-23(18-21)31(32,33)34/h8,10-13,18-19H,9,14-17,20H2,1-7H3. The third-order valence-electron chi connectivity index (χ3n) is 8.86. The van der Waals surface area contributed by atoms with Crippen LogP contribution in [0.15, 0.2) is 42.5 Å². The molecule has 1 atom stereocenters. The number of likely N-dealkylation sites (tertiary alicyclic amines) is 1. The Morgan fingerprint density at radius 1 is 1.12 bits per heavy atom. The number of alkyl halides is 3. The highest BCUT2D eigenvalue weighted by Crippen LogP contribution is 2.38. The first-order valence-corrected chi connectivity index (χ1v) is 16.9. The summed E-state index contributed by atoms with van der Waals surface area (Å²) in [5.41, 5.74) is 0.813. The van der Waals surface area contributed by atoms with Crippen molar-refractivity contribution in [1.82, 2.24) is 14.5 Å². The molecule has 4 rings (SSSR count). The molecule has 2 heterocycles. The first-order chi connectivity index (χ1) is 18.9. The molecule has 0 saturated carbocycles. The predicted molar refractivity (Wildman–Crippen MR) is 157 cm³/mol. The third kappa shape index (κ3) is 6.28. The number of rotatable bonds is 9. The Kier molecular flexibility index (Phi) is 8.32. The van der Waals surface area contributed by atoms with Crippen LogP contribution in [0.5, 0.6) is 0 Å². The summed E-state index contributed by atoms with van der Waals surface area (Å²) in [4.78, 5) is 32.7. The number of fused-ring (bicyclic) bond motifs is 1. The molecule has 41 heavy (non-hydrogen) atoms. The Hall–Kier alpha value is -2.98. The summed E-state index contributed by atoms with van der Waals surface area (Å²) in [5.74, 6) is 0.0934. The van der Waals surface area contributed by atoms with Gasteiger partial charge in [0.15, 0.2) is 14.1 Å². The Labute approximate surface area is 241 Å². The number of benzene rings is 2. The number of aryl methyl sites for hydroxylation is 1. The molecule has 1 unspecified atom stereocenters. The molecule has 1 amide bonds. The number of likely N-dealkylation sites (N-methyl/N-ethyl adjacent to an activating group) is 1. The van der Waals surface area contributed by atoms with E-state index in [0.29, 0.717) is 43.9 Å². The molecule has 0 bridgehead atoms. The molecular weight excluding hydrogens is 547 g/mol. The summed E-state index contributed by atoms with van der Waals surface area (Å²) < 4.78 is 48.1. The minimum absolute atomic E-state index is 0.00696. The maximum atomic E-state index is 13.3. The molecule has 1 aliphatic heterocycles. The van der Waals surface area contributed by atoms with Crippen LogP contribution in [0.3, 0.4) is 0 Å². The van der Waals surface area contributed by atoms with Gasteiger partial charge >= 0.3 is 6.18 Å². The summed E-state index contributed by atoms with van der Waals surface area (Å²) in [7, 11) is -0.140. The number of imidazole rings is 1. The second-order valence-electron chi connectivity index (χ2n) is 12.8. The van der Waals surface area contributed by atoms with E-state index in [1.165, 1.54) is 12.1 Å². The minimum atomic E-state index is -4.54.